The average Bonchev–Trinajstić information content (AvgIpc) is 3.45. The van der Waals surface area contributed by atoms with Crippen molar-refractivity contribution >= 4 is 34.2 Å². The van der Waals surface area contributed by atoms with Crippen LogP contribution < -0.4 is 19.6 Å². The summed E-state index contributed by atoms with van der Waals surface area (Å²) < 4.78 is 28.8. The minimum Gasteiger partial charge on any atom is -0.496 e. The summed E-state index contributed by atoms with van der Waals surface area (Å²) in [5.74, 6) is -0.114. The highest BCUT2D eigenvalue weighted by atomic mass is 32.1. The van der Waals surface area contributed by atoms with E-state index in [0.717, 1.165) is 39.0 Å². The first-order chi connectivity index (χ1) is 20.7. The highest BCUT2D eigenvalue weighted by Crippen LogP contribution is 2.38. The van der Waals surface area contributed by atoms with E-state index in [4.69, 9.17) is 14.5 Å². The highest BCUT2D eigenvalue weighted by molar-refractivity contribution is 7.07. The second-order valence-corrected chi connectivity index (χ2v) is 11.4. The van der Waals surface area contributed by atoms with Gasteiger partial charge in [-0.2, -0.15) is 0 Å². The van der Waals surface area contributed by atoms with Gasteiger partial charge in [-0.25, -0.2) is 14.2 Å². The second-order valence-electron chi connectivity index (χ2n) is 10.3. The molecule has 7 nitrogen and oxygen atoms in total. The summed E-state index contributed by atoms with van der Waals surface area (Å²) in [4.78, 5) is 32.9. The lowest BCUT2D eigenvalue weighted by Gasteiger charge is -2.26. The number of hydrogen-bond acceptors (Lipinski definition) is 6. The van der Waals surface area contributed by atoms with Crippen LogP contribution in [0.2, 0.25) is 0 Å². The number of allylic oxidation sites excluding steroid dienone is 1. The van der Waals surface area contributed by atoms with Gasteiger partial charge in [-0.15, -0.1) is 0 Å². The van der Waals surface area contributed by atoms with E-state index in [2.05, 4.69) is 0 Å². The molecule has 0 spiro atoms. The molecule has 1 aliphatic rings. The number of aromatic nitrogens is 2. The van der Waals surface area contributed by atoms with E-state index in [-0.39, 0.29) is 18.0 Å². The van der Waals surface area contributed by atoms with Crippen molar-refractivity contribution in [3.63, 3.8) is 0 Å². The molecular formula is C34H30FN3O4S. The normalized spacial score (nSPS) is 15.0. The van der Waals surface area contributed by atoms with Crippen LogP contribution in [0.4, 0.5) is 4.39 Å². The zero-order valence-electron chi connectivity index (χ0n) is 24.5. The number of fused-ring (bicyclic) bond motifs is 2. The second kappa shape index (κ2) is 11.1. The summed E-state index contributed by atoms with van der Waals surface area (Å²) in [5.41, 5.74) is 4.90. The van der Waals surface area contributed by atoms with Crippen molar-refractivity contribution in [2.75, 3.05) is 13.7 Å². The Morgan fingerprint density at radius 3 is 2.47 bits per heavy atom. The van der Waals surface area contributed by atoms with Gasteiger partial charge in [0.15, 0.2) is 4.80 Å². The topological polar surface area (TPSA) is 74.8 Å². The van der Waals surface area contributed by atoms with Gasteiger partial charge in [-0.1, -0.05) is 41.7 Å². The quantitative estimate of drug-likeness (QED) is 0.243. The lowest BCUT2D eigenvalue weighted by Crippen LogP contribution is -2.40. The number of esters is 1. The third kappa shape index (κ3) is 4.79. The Hall–Kier alpha value is -4.76. The fourth-order valence-corrected chi connectivity index (χ4v) is 6.90. The molecule has 218 valence electrons. The zero-order chi connectivity index (χ0) is 30.4. The summed E-state index contributed by atoms with van der Waals surface area (Å²) in [7, 11) is 1.62. The summed E-state index contributed by atoms with van der Waals surface area (Å²) >= 11 is 1.28. The summed E-state index contributed by atoms with van der Waals surface area (Å²) in [6.45, 7) is 7.66. The molecule has 0 amide bonds. The van der Waals surface area contributed by atoms with Crippen molar-refractivity contribution in [3.05, 3.63) is 126 Å². The SMILES string of the molecule is CCOC(=O)C1=C(C)N=c2s/c(=C\c3cc(C)n(-c4ccc(F)cc4)c3C)c(=O)n2[C@H]1c1ccc(OC)c2ccccc12. The van der Waals surface area contributed by atoms with Gasteiger partial charge in [0.2, 0.25) is 0 Å². The number of methoxy groups -OCH3 is 1. The molecule has 5 aromatic rings. The van der Waals surface area contributed by atoms with Gasteiger partial charge in [0.1, 0.15) is 11.6 Å². The van der Waals surface area contributed by atoms with Crippen LogP contribution in [0.5, 0.6) is 5.75 Å². The summed E-state index contributed by atoms with van der Waals surface area (Å²) in [5, 5.41) is 1.73. The molecule has 0 radical (unpaired) electrons. The Bertz CT molecular complexity index is 2120. The predicted octanol–water partition coefficient (Wildman–Crippen LogP) is 5.51. The molecule has 2 aromatic heterocycles. The number of ether oxygens (including phenoxy) is 2. The number of aryl methyl sites for hydroxylation is 1. The fraction of sp³-hybridized carbons (Fsp3) is 0.206. The minimum absolute atomic E-state index is 0.194. The van der Waals surface area contributed by atoms with Crippen LogP contribution in [0.3, 0.4) is 0 Å². The monoisotopic (exact) mass is 595 g/mol. The van der Waals surface area contributed by atoms with Gasteiger partial charge in [0.25, 0.3) is 5.56 Å². The molecule has 3 heterocycles. The van der Waals surface area contributed by atoms with Crippen molar-refractivity contribution in [3.8, 4) is 11.4 Å². The Kier molecular flexibility index (Phi) is 7.35. The van der Waals surface area contributed by atoms with Gasteiger partial charge in [-0.05, 0) is 86.7 Å². The number of halogens is 1. The van der Waals surface area contributed by atoms with Crippen LogP contribution in [0.15, 0.2) is 87.8 Å². The average molecular weight is 596 g/mol. The first-order valence-corrected chi connectivity index (χ1v) is 14.7. The number of rotatable bonds is 6. The minimum atomic E-state index is -0.750. The smallest absolute Gasteiger partial charge is 0.338 e. The molecular weight excluding hydrogens is 565 g/mol. The van der Waals surface area contributed by atoms with Crippen molar-refractivity contribution < 1.29 is 18.7 Å². The molecule has 0 bridgehead atoms. The number of hydrogen-bond donors (Lipinski definition) is 0. The zero-order valence-corrected chi connectivity index (χ0v) is 25.3. The molecule has 0 aliphatic carbocycles. The third-order valence-corrected chi connectivity index (χ3v) is 8.77. The summed E-state index contributed by atoms with van der Waals surface area (Å²) in [6.07, 6.45) is 1.86. The molecule has 0 fully saturated rings. The molecule has 1 aliphatic heterocycles. The van der Waals surface area contributed by atoms with Crippen molar-refractivity contribution in [2.45, 2.75) is 33.7 Å². The van der Waals surface area contributed by atoms with Gasteiger partial charge in [-0.3, -0.25) is 9.36 Å². The van der Waals surface area contributed by atoms with Crippen molar-refractivity contribution in [2.24, 2.45) is 4.99 Å². The molecule has 3 aromatic carbocycles. The Balaban J connectivity index is 1.58. The van der Waals surface area contributed by atoms with Gasteiger partial charge >= 0.3 is 5.97 Å². The lowest BCUT2D eigenvalue weighted by molar-refractivity contribution is -0.139. The predicted molar refractivity (Wildman–Crippen MR) is 166 cm³/mol. The molecule has 43 heavy (non-hydrogen) atoms. The number of thiazole rings is 1. The van der Waals surface area contributed by atoms with Crippen LogP contribution in [-0.2, 0) is 9.53 Å². The Labute approximate surface area is 251 Å². The molecule has 1 atom stereocenters. The standard InChI is InChI=1S/C34H30FN3O4S/c1-6-42-33(40)30-20(3)36-34-38(31(30)27-15-16-28(41-5)26-10-8-7-9-25(26)27)32(39)29(43-34)18-22-17-19(2)37(21(22)4)24-13-11-23(35)12-14-24/h7-18,31H,6H2,1-5H3/b29-18-/t31-/m0/s1. The van der Waals surface area contributed by atoms with E-state index >= 15 is 0 Å². The van der Waals surface area contributed by atoms with Crippen molar-refractivity contribution in [1.82, 2.24) is 9.13 Å². The van der Waals surface area contributed by atoms with E-state index in [9.17, 15) is 14.0 Å². The third-order valence-electron chi connectivity index (χ3n) is 7.79. The number of carbonyl (C=O) groups is 1. The van der Waals surface area contributed by atoms with Crippen LogP contribution in [0.1, 0.15) is 42.4 Å². The molecule has 0 saturated heterocycles. The Morgan fingerprint density at radius 1 is 1.05 bits per heavy atom. The van der Waals surface area contributed by atoms with Crippen molar-refractivity contribution in [1.29, 1.82) is 0 Å². The number of carbonyl (C=O) groups excluding carboxylic acids is 1. The molecule has 0 saturated carbocycles. The van der Waals surface area contributed by atoms with Crippen LogP contribution in [-0.4, -0.2) is 28.8 Å². The first kappa shape index (κ1) is 28.4. The molecule has 9 heteroatoms. The molecule has 6 rings (SSSR count). The van der Waals surface area contributed by atoms with Gasteiger partial charge in [0.05, 0.1) is 35.6 Å². The van der Waals surface area contributed by atoms with E-state index in [0.29, 0.717) is 26.4 Å². The number of benzene rings is 3. The maximum atomic E-state index is 14.2. The lowest BCUT2D eigenvalue weighted by atomic mass is 9.91. The van der Waals surface area contributed by atoms with Crippen LogP contribution in [0, 0.1) is 19.7 Å². The summed E-state index contributed by atoms with van der Waals surface area (Å²) in [6, 6.07) is 19.1. The number of nitrogens with zero attached hydrogens (tertiary/aromatic N) is 3. The van der Waals surface area contributed by atoms with Gasteiger partial charge < -0.3 is 14.0 Å². The highest BCUT2D eigenvalue weighted by Gasteiger charge is 2.34. The van der Waals surface area contributed by atoms with E-state index in [1.165, 1.54) is 23.5 Å². The Morgan fingerprint density at radius 2 is 1.77 bits per heavy atom. The maximum Gasteiger partial charge on any atom is 0.338 e. The maximum absolute atomic E-state index is 14.2. The van der Waals surface area contributed by atoms with E-state index < -0.39 is 12.0 Å². The van der Waals surface area contributed by atoms with Crippen LogP contribution >= 0.6 is 11.3 Å². The molecule has 0 N–H and O–H groups in total. The van der Waals surface area contributed by atoms with E-state index in [1.807, 2.05) is 67.0 Å². The van der Waals surface area contributed by atoms with E-state index in [1.54, 1.807) is 37.7 Å². The van der Waals surface area contributed by atoms with Gasteiger partial charge in [0, 0.05) is 22.5 Å². The first-order valence-electron chi connectivity index (χ1n) is 13.9. The fourth-order valence-electron chi connectivity index (χ4n) is 5.86. The molecule has 0 unspecified atom stereocenters. The van der Waals surface area contributed by atoms with Crippen LogP contribution in [0.25, 0.3) is 22.5 Å². The largest absolute Gasteiger partial charge is 0.496 e.